The summed E-state index contributed by atoms with van der Waals surface area (Å²) in [5.41, 5.74) is 8.72. The van der Waals surface area contributed by atoms with Gasteiger partial charge in [-0.15, -0.1) is 0 Å². The summed E-state index contributed by atoms with van der Waals surface area (Å²) in [5, 5.41) is 4.34. The first kappa shape index (κ1) is 18.0. The van der Waals surface area contributed by atoms with Crippen molar-refractivity contribution in [3.05, 3.63) is 54.4 Å². The maximum absolute atomic E-state index is 5.89. The van der Waals surface area contributed by atoms with Gasteiger partial charge in [-0.25, -0.2) is 9.97 Å². The quantitative estimate of drug-likeness (QED) is 0.593. The van der Waals surface area contributed by atoms with Crippen LogP contribution in [0.5, 0.6) is 5.75 Å². The van der Waals surface area contributed by atoms with E-state index in [-0.39, 0.29) is 0 Å². The number of hydrogen-bond donors (Lipinski definition) is 2. The van der Waals surface area contributed by atoms with Crippen molar-refractivity contribution in [3.63, 3.8) is 0 Å². The molecule has 3 rings (SSSR count). The van der Waals surface area contributed by atoms with Gasteiger partial charge in [0.1, 0.15) is 17.9 Å². The van der Waals surface area contributed by atoms with E-state index in [0.717, 1.165) is 48.5 Å². The number of benzene rings is 2. The molecule has 26 heavy (non-hydrogen) atoms. The lowest BCUT2D eigenvalue weighted by atomic mass is 10.1. The third-order valence-electron chi connectivity index (χ3n) is 4.23. The number of anilines is 2. The van der Waals surface area contributed by atoms with Crippen LogP contribution in [0.1, 0.15) is 25.8 Å². The van der Waals surface area contributed by atoms with Crippen molar-refractivity contribution in [1.29, 1.82) is 0 Å². The minimum atomic E-state index is 0.652. The van der Waals surface area contributed by atoms with Gasteiger partial charge in [0.25, 0.3) is 0 Å². The minimum absolute atomic E-state index is 0.652. The van der Waals surface area contributed by atoms with Gasteiger partial charge in [-0.05, 0) is 54.7 Å². The van der Waals surface area contributed by atoms with E-state index in [2.05, 4.69) is 41.3 Å². The lowest BCUT2D eigenvalue weighted by molar-refractivity contribution is 0.289. The smallest absolute Gasteiger partial charge is 0.137 e. The van der Waals surface area contributed by atoms with Gasteiger partial charge in [-0.2, -0.15) is 0 Å². The van der Waals surface area contributed by atoms with Crippen LogP contribution in [0.2, 0.25) is 0 Å². The molecule has 136 valence electrons. The minimum Gasteiger partial charge on any atom is -0.494 e. The number of nitrogens with zero attached hydrogens (tertiary/aromatic N) is 2. The number of ether oxygens (including phenoxy) is 1. The van der Waals surface area contributed by atoms with Crippen LogP contribution in [0.3, 0.4) is 0 Å². The molecule has 3 aromatic rings. The van der Waals surface area contributed by atoms with Gasteiger partial charge < -0.3 is 15.8 Å². The number of nitrogens with one attached hydrogen (secondary N) is 1. The normalized spacial score (nSPS) is 11.0. The molecule has 0 unspecified atom stereocenters. The van der Waals surface area contributed by atoms with E-state index in [4.69, 9.17) is 10.5 Å². The van der Waals surface area contributed by atoms with E-state index < -0.39 is 0 Å². The highest BCUT2D eigenvalue weighted by Crippen LogP contribution is 2.22. The Balaban J connectivity index is 1.59. The topological polar surface area (TPSA) is 73.1 Å². The third kappa shape index (κ3) is 4.85. The number of aromatic nitrogens is 2. The molecule has 0 amide bonds. The summed E-state index contributed by atoms with van der Waals surface area (Å²) in [7, 11) is 0. The second-order valence-electron chi connectivity index (χ2n) is 6.85. The van der Waals surface area contributed by atoms with Crippen LogP contribution in [0.15, 0.2) is 48.8 Å². The van der Waals surface area contributed by atoms with E-state index >= 15 is 0 Å². The Morgan fingerprint density at radius 2 is 2.00 bits per heavy atom. The van der Waals surface area contributed by atoms with Crippen LogP contribution in [0, 0.1) is 5.92 Å². The lowest BCUT2D eigenvalue weighted by Gasteiger charge is -2.11. The summed E-state index contributed by atoms with van der Waals surface area (Å²) in [5.74, 6) is 2.40. The van der Waals surface area contributed by atoms with Crippen molar-refractivity contribution in [2.75, 3.05) is 24.2 Å². The molecule has 3 N–H and O–H groups in total. The molecule has 0 saturated heterocycles. The highest BCUT2D eigenvalue weighted by molar-refractivity contribution is 5.91. The predicted octanol–water partition coefficient (Wildman–Crippen LogP) is 4.29. The highest BCUT2D eigenvalue weighted by atomic mass is 16.5. The van der Waals surface area contributed by atoms with E-state index in [1.165, 1.54) is 5.56 Å². The van der Waals surface area contributed by atoms with Crippen LogP contribution in [-0.4, -0.2) is 23.1 Å². The summed E-state index contributed by atoms with van der Waals surface area (Å²) in [4.78, 5) is 8.63. The summed E-state index contributed by atoms with van der Waals surface area (Å²) in [6.07, 6.45) is 3.52. The molecule has 1 heterocycles. The third-order valence-corrected chi connectivity index (χ3v) is 4.23. The van der Waals surface area contributed by atoms with Crippen molar-refractivity contribution in [2.24, 2.45) is 5.92 Å². The Morgan fingerprint density at radius 3 is 2.85 bits per heavy atom. The van der Waals surface area contributed by atoms with Crippen LogP contribution in [0.25, 0.3) is 10.9 Å². The van der Waals surface area contributed by atoms with Gasteiger partial charge in [0.15, 0.2) is 0 Å². The van der Waals surface area contributed by atoms with Crippen molar-refractivity contribution in [1.82, 2.24) is 9.97 Å². The fraction of sp³-hybridized carbons (Fsp3) is 0.333. The number of rotatable bonds is 8. The molecule has 0 atom stereocenters. The molecule has 0 saturated carbocycles. The molecule has 0 radical (unpaired) electrons. The molecule has 0 spiro atoms. The van der Waals surface area contributed by atoms with Gasteiger partial charge in [-0.3, -0.25) is 0 Å². The van der Waals surface area contributed by atoms with Gasteiger partial charge >= 0.3 is 0 Å². The summed E-state index contributed by atoms with van der Waals surface area (Å²) in [6, 6.07) is 13.9. The van der Waals surface area contributed by atoms with E-state index in [1.807, 2.05) is 30.3 Å². The fourth-order valence-electron chi connectivity index (χ4n) is 2.74. The first-order chi connectivity index (χ1) is 12.6. The molecule has 2 aromatic carbocycles. The Kier molecular flexibility index (Phi) is 5.89. The monoisotopic (exact) mass is 350 g/mol. The number of hydrogen-bond acceptors (Lipinski definition) is 5. The first-order valence-electron chi connectivity index (χ1n) is 9.07. The average Bonchev–Trinajstić information content (AvgIpc) is 2.62. The standard InChI is InChI=1S/C21H26N4O/c1-15(2)9-11-26-18-5-3-4-16(12-18)8-10-23-21-19-13-17(22)6-7-20(19)24-14-25-21/h3-7,12-15H,8-11,22H2,1-2H3,(H,23,24,25). The lowest BCUT2D eigenvalue weighted by Crippen LogP contribution is -2.07. The second-order valence-corrected chi connectivity index (χ2v) is 6.85. The number of nitrogens with two attached hydrogens (primary N) is 1. The van der Waals surface area contributed by atoms with Crippen molar-refractivity contribution >= 4 is 22.4 Å². The van der Waals surface area contributed by atoms with Gasteiger partial charge in [0, 0.05) is 17.6 Å². The molecule has 0 aliphatic rings. The van der Waals surface area contributed by atoms with Crippen LogP contribution < -0.4 is 15.8 Å². The van der Waals surface area contributed by atoms with Crippen molar-refractivity contribution < 1.29 is 4.74 Å². The van der Waals surface area contributed by atoms with Crippen LogP contribution in [-0.2, 0) is 6.42 Å². The Labute approximate surface area is 154 Å². The molecule has 0 fully saturated rings. The SMILES string of the molecule is CC(C)CCOc1cccc(CCNc2ncnc3ccc(N)cc23)c1. The molecule has 0 bridgehead atoms. The summed E-state index contributed by atoms with van der Waals surface area (Å²) in [6.45, 7) is 5.94. The molecule has 0 aliphatic carbocycles. The van der Waals surface area contributed by atoms with Gasteiger partial charge in [-0.1, -0.05) is 26.0 Å². The Bertz CT molecular complexity index is 864. The van der Waals surface area contributed by atoms with Crippen LogP contribution in [0.4, 0.5) is 11.5 Å². The van der Waals surface area contributed by atoms with Crippen LogP contribution >= 0.6 is 0 Å². The Hall–Kier alpha value is -2.82. The van der Waals surface area contributed by atoms with E-state index in [1.54, 1.807) is 6.33 Å². The Morgan fingerprint density at radius 1 is 1.12 bits per heavy atom. The second kappa shape index (κ2) is 8.52. The molecule has 5 nitrogen and oxygen atoms in total. The van der Waals surface area contributed by atoms with E-state index in [9.17, 15) is 0 Å². The number of nitrogen functional groups attached to an aromatic ring is 1. The summed E-state index contributed by atoms with van der Waals surface area (Å²) >= 11 is 0. The maximum Gasteiger partial charge on any atom is 0.137 e. The largest absolute Gasteiger partial charge is 0.494 e. The predicted molar refractivity (Wildman–Crippen MR) is 108 cm³/mol. The van der Waals surface area contributed by atoms with Gasteiger partial charge in [0.05, 0.1) is 12.1 Å². The van der Waals surface area contributed by atoms with Crippen molar-refractivity contribution in [2.45, 2.75) is 26.7 Å². The van der Waals surface area contributed by atoms with E-state index in [0.29, 0.717) is 11.6 Å². The van der Waals surface area contributed by atoms with Gasteiger partial charge in [0.2, 0.25) is 0 Å². The summed E-state index contributed by atoms with van der Waals surface area (Å²) < 4.78 is 5.84. The molecule has 1 aromatic heterocycles. The zero-order chi connectivity index (χ0) is 18.4. The molecule has 0 aliphatic heterocycles. The zero-order valence-corrected chi connectivity index (χ0v) is 15.4. The molecular weight excluding hydrogens is 324 g/mol. The average molecular weight is 350 g/mol. The first-order valence-corrected chi connectivity index (χ1v) is 9.07. The molecular formula is C21H26N4O. The number of fused-ring (bicyclic) bond motifs is 1. The zero-order valence-electron chi connectivity index (χ0n) is 15.4. The fourth-order valence-corrected chi connectivity index (χ4v) is 2.74. The maximum atomic E-state index is 5.89. The van der Waals surface area contributed by atoms with Crippen molar-refractivity contribution in [3.8, 4) is 5.75 Å². The highest BCUT2D eigenvalue weighted by Gasteiger charge is 2.04. The molecule has 5 heteroatoms.